The first-order valence-corrected chi connectivity index (χ1v) is 11.2. The number of hydrogen-bond acceptors (Lipinski definition) is 5. The fourth-order valence-electron chi connectivity index (χ4n) is 3.18. The Morgan fingerprint density at radius 2 is 2.08 bits per heavy atom. The number of thiazole rings is 1. The van der Waals surface area contributed by atoms with Gasteiger partial charge in [0.1, 0.15) is 0 Å². The molecule has 1 aromatic heterocycles. The lowest BCUT2D eigenvalue weighted by Crippen LogP contribution is -2.41. The number of carbonyl (C=O) groups is 1. The number of carbonyl (C=O) groups excluding carboxylic acids is 1. The predicted molar refractivity (Wildman–Crippen MR) is 100 cm³/mol. The molecule has 2 aromatic rings. The third-order valence-corrected chi connectivity index (χ3v) is 7.14. The van der Waals surface area contributed by atoms with Gasteiger partial charge in [0, 0.05) is 36.4 Å². The molecule has 1 aliphatic rings. The molecule has 1 aromatic carbocycles. The molecular formula is C18H22N2O3S2. The van der Waals surface area contributed by atoms with Crippen LogP contribution in [0.1, 0.15) is 24.8 Å². The number of rotatable bonds is 6. The lowest BCUT2D eigenvalue weighted by Gasteiger charge is -2.26. The average molecular weight is 379 g/mol. The Kier molecular flexibility index (Phi) is 5.54. The SMILES string of the molecule is CCN(C(=O)CCc1nc(-c2ccccc2)cs1)C1CCS(=O)(=O)C1. The maximum absolute atomic E-state index is 12.5. The van der Waals surface area contributed by atoms with Gasteiger partial charge < -0.3 is 4.90 Å². The Balaban J connectivity index is 1.59. The van der Waals surface area contributed by atoms with Crippen molar-refractivity contribution in [1.29, 1.82) is 0 Å². The maximum Gasteiger partial charge on any atom is 0.223 e. The molecule has 1 aliphatic heterocycles. The van der Waals surface area contributed by atoms with Crippen LogP contribution in [0.5, 0.6) is 0 Å². The summed E-state index contributed by atoms with van der Waals surface area (Å²) >= 11 is 1.56. The standard InChI is InChI=1S/C18H22N2O3S2/c1-2-20(15-10-11-25(22,23)13-15)18(21)9-8-17-19-16(12-24-17)14-6-4-3-5-7-14/h3-7,12,15H,2,8-11,13H2,1H3. The molecule has 1 fully saturated rings. The van der Waals surface area contributed by atoms with E-state index in [1.807, 2.05) is 42.6 Å². The molecule has 2 heterocycles. The number of aromatic nitrogens is 1. The molecule has 7 heteroatoms. The summed E-state index contributed by atoms with van der Waals surface area (Å²) in [5.41, 5.74) is 2.00. The van der Waals surface area contributed by atoms with E-state index in [2.05, 4.69) is 4.98 Å². The molecule has 3 rings (SSSR count). The normalized spacial score (nSPS) is 19.0. The van der Waals surface area contributed by atoms with Crippen LogP contribution in [0.15, 0.2) is 35.7 Å². The summed E-state index contributed by atoms with van der Waals surface area (Å²) in [5.74, 6) is 0.303. The zero-order chi connectivity index (χ0) is 17.9. The molecule has 134 valence electrons. The van der Waals surface area contributed by atoms with Gasteiger partial charge in [0.2, 0.25) is 5.91 Å². The molecule has 0 bridgehead atoms. The second kappa shape index (κ2) is 7.66. The number of nitrogens with zero attached hydrogens (tertiary/aromatic N) is 2. The highest BCUT2D eigenvalue weighted by atomic mass is 32.2. The van der Waals surface area contributed by atoms with Gasteiger partial charge in [0.05, 0.1) is 22.2 Å². The van der Waals surface area contributed by atoms with Gasteiger partial charge in [-0.25, -0.2) is 13.4 Å². The lowest BCUT2D eigenvalue weighted by molar-refractivity contribution is -0.132. The molecule has 0 radical (unpaired) electrons. The number of sulfone groups is 1. The van der Waals surface area contributed by atoms with Gasteiger partial charge in [-0.3, -0.25) is 4.79 Å². The number of hydrogen-bond donors (Lipinski definition) is 0. The molecule has 1 amide bonds. The van der Waals surface area contributed by atoms with Crippen LogP contribution in [-0.4, -0.2) is 48.3 Å². The van der Waals surface area contributed by atoms with E-state index in [0.717, 1.165) is 16.3 Å². The molecule has 1 unspecified atom stereocenters. The van der Waals surface area contributed by atoms with Crippen molar-refractivity contribution in [3.8, 4) is 11.3 Å². The van der Waals surface area contributed by atoms with Crippen molar-refractivity contribution >= 4 is 27.1 Å². The minimum Gasteiger partial charge on any atom is -0.339 e. The van der Waals surface area contributed by atoms with Crippen molar-refractivity contribution in [3.05, 3.63) is 40.7 Å². The van der Waals surface area contributed by atoms with E-state index in [0.29, 0.717) is 25.8 Å². The first kappa shape index (κ1) is 18.1. The molecule has 1 atom stereocenters. The van der Waals surface area contributed by atoms with Crippen molar-refractivity contribution < 1.29 is 13.2 Å². The molecule has 25 heavy (non-hydrogen) atoms. The number of aryl methyl sites for hydroxylation is 1. The third kappa shape index (κ3) is 4.46. The van der Waals surface area contributed by atoms with Crippen molar-refractivity contribution in [2.24, 2.45) is 0 Å². The largest absolute Gasteiger partial charge is 0.339 e. The van der Waals surface area contributed by atoms with Crippen LogP contribution in [0.4, 0.5) is 0 Å². The van der Waals surface area contributed by atoms with Crippen LogP contribution >= 0.6 is 11.3 Å². The minimum absolute atomic E-state index is 0.0149. The van der Waals surface area contributed by atoms with E-state index < -0.39 is 9.84 Å². The maximum atomic E-state index is 12.5. The van der Waals surface area contributed by atoms with Gasteiger partial charge in [0.15, 0.2) is 9.84 Å². The third-order valence-electron chi connectivity index (χ3n) is 4.48. The summed E-state index contributed by atoms with van der Waals surface area (Å²) in [7, 11) is -2.98. The molecule has 0 saturated carbocycles. The Labute approximate surface area is 152 Å². The first-order valence-electron chi connectivity index (χ1n) is 8.48. The van der Waals surface area contributed by atoms with Crippen LogP contribution < -0.4 is 0 Å². The summed E-state index contributed by atoms with van der Waals surface area (Å²) in [6, 6.07) is 9.79. The van der Waals surface area contributed by atoms with E-state index in [9.17, 15) is 13.2 Å². The van der Waals surface area contributed by atoms with Gasteiger partial charge in [0.25, 0.3) is 0 Å². The minimum atomic E-state index is -2.98. The van der Waals surface area contributed by atoms with Gasteiger partial charge in [-0.2, -0.15) is 0 Å². The van der Waals surface area contributed by atoms with Crippen molar-refractivity contribution in [3.63, 3.8) is 0 Å². The zero-order valence-corrected chi connectivity index (χ0v) is 15.9. The van der Waals surface area contributed by atoms with E-state index in [-0.39, 0.29) is 23.5 Å². The Morgan fingerprint density at radius 3 is 2.72 bits per heavy atom. The van der Waals surface area contributed by atoms with Gasteiger partial charge in [-0.1, -0.05) is 30.3 Å². The van der Waals surface area contributed by atoms with E-state index >= 15 is 0 Å². The summed E-state index contributed by atoms with van der Waals surface area (Å²) in [5, 5.41) is 2.94. The molecule has 0 spiro atoms. The highest BCUT2D eigenvalue weighted by Crippen LogP contribution is 2.23. The molecule has 0 N–H and O–H groups in total. The quantitative estimate of drug-likeness (QED) is 0.775. The van der Waals surface area contributed by atoms with Gasteiger partial charge in [-0.15, -0.1) is 11.3 Å². The Bertz CT molecular complexity index is 831. The monoisotopic (exact) mass is 378 g/mol. The highest BCUT2D eigenvalue weighted by molar-refractivity contribution is 7.91. The summed E-state index contributed by atoms with van der Waals surface area (Å²) in [4.78, 5) is 18.9. The highest BCUT2D eigenvalue weighted by Gasteiger charge is 2.33. The topological polar surface area (TPSA) is 67.3 Å². The van der Waals surface area contributed by atoms with Crippen LogP contribution in [0, 0.1) is 0 Å². The van der Waals surface area contributed by atoms with Crippen LogP contribution in [0.3, 0.4) is 0 Å². The van der Waals surface area contributed by atoms with E-state index in [4.69, 9.17) is 0 Å². The summed E-state index contributed by atoms with van der Waals surface area (Å²) < 4.78 is 23.3. The number of benzene rings is 1. The average Bonchev–Trinajstić information content (AvgIpc) is 3.21. The summed E-state index contributed by atoms with van der Waals surface area (Å²) in [6.45, 7) is 2.45. The molecule has 1 saturated heterocycles. The van der Waals surface area contributed by atoms with Crippen LogP contribution in [0.2, 0.25) is 0 Å². The second-order valence-corrected chi connectivity index (χ2v) is 9.40. The van der Waals surface area contributed by atoms with Crippen molar-refractivity contribution in [2.75, 3.05) is 18.1 Å². The molecular weight excluding hydrogens is 356 g/mol. The summed E-state index contributed by atoms with van der Waals surface area (Å²) in [6.07, 6.45) is 1.51. The molecule has 5 nitrogen and oxygen atoms in total. The van der Waals surface area contributed by atoms with E-state index in [1.54, 1.807) is 16.2 Å². The van der Waals surface area contributed by atoms with Gasteiger partial charge >= 0.3 is 0 Å². The fourth-order valence-corrected chi connectivity index (χ4v) is 5.72. The zero-order valence-electron chi connectivity index (χ0n) is 14.2. The van der Waals surface area contributed by atoms with Crippen molar-refractivity contribution in [2.45, 2.75) is 32.2 Å². The Hall–Kier alpha value is -1.73. The first-order chi connectivity index (χ1) is 12.0. The smallest absolute Gasteiger partial charge is 0.223 e. The van der Waals surface area contributed by atoms with Crippen molar-refractivity contribution in [1.82, 2.24) is 9.88 Å². The second-order valence-electron chi connectivity index (χ2n) is 6.23. The van der Waals surface area contributed by atoms with Crippen LogP contribution in [0.25, 0.3) is 11.3 Å². The predicted octanol–water partition coefficient (Wildman–Crippen LogP) is 2.78. The number of amides is 1. The van der Waals surface area contributed by atoms with Gasteiger partial charge in [-0.05, 0) is 13.3 Å². The van der Waals surface area contributed by atoms with E-state index in [1.165, 1.54) is 0 Å². The van der Waals surface area contributed by atoms with Crippen LogP contribution in [-0.2, 0) is 21.1 Å². The molecule has 0 aliphatic carbocycles. The fraction of sp³-hybridized carbons (Fsp3) is 0.444. The lowest BCUT2D eigenvalue weighted by atomic mass is 10.2. The Morgan fingerprint density at radius 1 is 1.32 bits per heavy atom.